The fraction of sp³-hybridized carbons (Fsp3) is 0.538. The van der Waals surface area contributed by atoms with Crippen LogP contribution in [0.1, 0.15) is 12.5 Å². The number of aryl methyl sites for hydroxylation is 1. The number of ether oxygens (including phenoxy) is 1. The number of hydrogen-bond acceptors (Lipinski definition) is 3. The molecule has 16 heavy (non-hydrogen) atoms. The van der Waals surface area contributed by atoms with E-state index in [1.165, 1.54) is 11.3 Å². The molecule has 0 aromatic heterocycles. The van der Waals surface area contributed by atoms with E-state index in [0.29, 0.717) is 6.04 Å². The Hall–Kier alpha value is -1.22. The minimum Gasteiger partial charge on any atom is -0.496 e. The molecule has 88 valence electrons. The van der Waals surface area contributed by atoms with Gasteiger partial charge in [0, 0.05) is 37.4 Å². The third-order valence-electron chi connectivity index (χ3n) is 3.22. The first-order chi connectivity index (χ1) is 7.72. The summed E-state index contributed by atoms with van der Waals surface area (Å²) in [6.45, 7) is 7.49. The highest BCUT2D eigenvalue weighted by Crippen LogP contribution is 2.26. The van der Waals surface area contributed by atoms with Crippen molar-refractivity contribution in [2.45, 2.75) is 19.9 Å². The van der Waals surface area contributed by atoms with Crippen LogP contribution in [0.4, 0.5) is 5.69 Å². The molecule has 1 aliphatic rings. The Labute approximate surface area is 97.4 Å². The quantitative estimate of drug-likeness (QED) is 0.822. The standard InChI is InChI=1S/C13H20N2O/c1-10-4-5-12(8-13(10)16-3)15-7-6-14-9-11(15)2/h4-5,8,11,14H,6-7,9H2,1-3H3/t11-/m1/s1. The van der Waals surface area contributed by atoms with Gasteiger partial charge in [-0.25, -0.2) is 0 Å². The molecule has 3 heteroatoms. The Morgan fingerprint density at radius 3 is 2.94 bits per heavy atom. The monoisotopic (exact) mass is 220 g/mol. The molecular weight excluding hydrogens is 200 g/mol. The van der Waals surface area contributed by atoms with E-state index in [9.17, 15) is 0 Å². The molecule has 2 rings (SSSR count). The number of nitrogens with zero attached hydrogens (tertiary/aromatic N) is 1. The molecule has 1 fully saturated rings. The van der Waals surface area contributed by atoms with Gasteiger partial charge < -0.3 is 15.0 Å². The van der Waals surface area contributed by atoms with Crippen LogP contribution in [-0.2, 0) is 0 Å². The van der Waals surface area contributed by atoms with Crippen LogP contribution < -0.4 is 15.0 Å². The molecule has 1 heterocycles. The van der Waals surface area contributed by atoms with E-state index in [0.717, 1.165) is 25.4 Å². The van der Waals surface area contributed by atoms with Gasteiger partial charge in [0.1, 0.15) is 5.75 Å². The number of rotatable bonds is 2. The summed E-state index contributed by atoms with van der Waals surface area (Å²) in [5.74, 6) is 0.975. The van der Waals surface area contributed by atoms with Crippen LogP contribution in [0.5, 0.6) is 5.75 Å². The SMILES string of the molecule is COc1cc(N2CCNC[C@H]2C)ccc1C. The summed E-state index contributed by atoms with van der Waals surface area (Å²) >= 11 is 0. The molecule has 0 unspecified atom stereocenters. The molecule has 1 aliphatic heterocycles. The Morgan fingerprint density at radius 2 is 2.25 bits per heavy atom. The van der Waals surface area contributed by atoms with Crippen molar-refractivity contribution >= 4 is 5.69 Å². The molecule has 1 aromatic rings. The lowest BCUT2D eigenvalue weighted by Crippen LogP contribution is -2.49. The molecule has 0 bridgehead atoms. The van der Waals surface area contributed by atoms with Crippen molar-refractivity contribution in [2.24, 2.45) is 0 Å². The maximum Gasteiger partial charge on any atom is 0.123 e. The largest absolute Gasteiger partial charge is 0.496 e. The normalized spacial score (nSPS) is 20.9. The highest BCUT2D eigenvalue weighted by molar-refractivity contribution is 5.54. The van der Waals surface area contributed by atoms with Crippen molar-refractivity contribution in [3.05, 3.63) is 23.8 Å². The molecule has 1 N–H and O–H groups in total. The molecule has 1 aromatic carbocycles. The van der Waals surface area contributed by atoms with E-state index in [2.05, 4.69) is 42.3 Å². The summed E-state index contributed by atoms with van der Waals surface area (Å²) in [5, 5.41) is 3.40. The predicted molar refractivity (Wildman–Crippen MR) is 67.4 cm³/mol. The summed E-state index contributed by atoms with van der Waals surface area (Å²) in [6.07, 6.45) is 0. The van der Waals surface area contributed by atoms with Crippen molar-refractivity contribution in [2.75, 3.05) is 31.6 Å². The second kappa shape index (κ2) is 4.74. The lowest BCUT2D eigenvalue weighted by molar-refractivity contribution is 0.411. The fourth-order valence-electron chi connectivity index (χ4n) is 2.21. The first kappa shape index (κ1) is 11.3. The van der Waals surface area contributed by atoms with Crippen molar-refractivity contribution in [1.29, 1.82) is 0 Å². The predicted octanol–water partition coefficient (Wildman–Crippen LogP) is 1.80. The summed E-state index contributed by atoms with van der Waals surface area (Å²) in [4.78, 5) is 2.43. The van der Waals surface area contributed by atoms with E-state index in [1.807, 2.05) is 0 Å². The molecule has 0 aliphatic carbocycles. The van der Waals surface area contributed by atoms with E-state index >= 15 is 0 Å². The third-order valence-corrected chi connectivity index (χ3v) is 3.22. The maximum atomic E-state index is 5.37. The van der Waals surface area contributed by atoms with Crippen LogP contribution in [0.2, 0.25) is 0 Å². The Bertz CT molecular complexity index is 365. The zero-order valence-electron chi connectivity index (χ0n) is 10.3. The van der Waals surface area contributed by atoms with Gasteiger partial charge in [-0.05, 0) is 25.5 Å². The van der Waals surface area contributed by atoms with Gasteiger partial charge in [0.2, 0.25) is 0 Å². The van der Waals surface area contributed by atoms with Gasteiger partial charge in [0.25, 0.3) is 0 Å². The lowest BCUT2D eigenvalue weighted by Gasteiger charge is -2.36. The average molecular weight is 220 g/mol. The minimum atomic E-state index is 0.543. The maximum absolute atomic E-state index is 5.37. The van der Waals surface area contributed by atoms with E-state index in [-0.39, 0.29) is 0 Å². The van der Waals surface area contributed by atoms with Crippen LogP contribution >= 0.6 is 0 Å². The number of nitrogens with one attached hydrogen (secondary N) is 1. The van der Waals surface area contributed by atoms with Gasteiger partial charge in [0.15, 0.2) is 0 Å². The summed E-state index contributed by atoms with van der Waals surface area (Å²) in [6, 6.07) is 6.99. The number of anilines is 1. The highest BCUT2D eigenvalue weighted by Gasteiger charge is 2.18. The molecule has 0 radical (unpaired) electrons. The third kappa shape index (κ3) is 2.14. The Balaban J connectivity index is 2.25. The molecule has 0 saturated carbocycles. The van der Waals surface area contributed by atoms with Crippen LogP contribution in [0.15, 0.2) is 18.2 Å². The van der Waals surface area contributed by atoms with Crippen LogP contribution in [0.25, 0.3) is 0 Å². The summed E-state index contributed by atoms with van der Waals surface area (Å²) in [5.41, 5.74) is 2.45. The van der Waals surface area contributed by atoms with Crippen molar-refractivity contribution in [3.63, 3.8) is 0 Å². The van der Waals surface area contributed by atoms with Gasteiger partial charge in [0.05, 0.1) is 7.11 Å². The van der Waals surface area contributed by atoms with E-state index < -0.39 is 0 Å². The summed E-state index contributed by atoms with van der Waals surface area (Å²) in [7, 11) is 1.73. The van der Waals surface area contributed by atoms with Crippen LogP contribution in [-0.4, -0.2) is 32.8 Å². The van der Waals surface area contributed by atoms with Crippen LogP contribution in [0.3, 0.4) is 0 Å². The average Bonchev–Trinajstić information content (AvgIpc) is 2.31. The van der Waals surface area contributed by atoms with Gasteiger partial charge >= 0.3 is 0 Å². The Morgan fingerprint density at radius 1 is 1.44 bits per heavy atom. The molecular formula is C13H20N2O. The number of methoxy groups -OCH3 is 1. The topological polar surface area (TPSA) is 24.5 Å². The zero-order valence-corrected chi connectivity index (χ0v) is 10.3. The molecule has 0 spiro atoms. The second-order valence-corrected chi connectivity index (χ2v) is 4.40. The lowest BCUT2D eigenvalue weighted by atomic mass is 10.1. The number of hydrogen-bond donors (Lipinski definition) is 1. The van der Waals surface area contributed by atoms with Crippen molar-refractivity contribution < 1.29 is 4.74 Å². The molecule has 0 amide bonds. The highest BCUT2D eigenvalue weighted by atomic mass is 16.5. The van der Waals surface area contributed by atoms with Crippen molar-refractivity contribution in [3.8, 4) is 5.75 Å². The van der Waals surface area contributed by atoms with Gasteiger partial charge in [-0.3, -0.25) is 0 Å². The van der Waals surface area contributed by atoms with E-state index in [1.54, 1.807) is 7.11 Å². The van der Waals surface area contributed by atoms with Crippen molar-refractivity contribution in [1.82, 2.24) is 5.32 Å². The molecule has 3 nitrogen and oxygen atoms in total. The first-order valence-corrected chi connectivity index (χ1v) is 5.84. The van der Waals surface area contributed by atoms with Gasteiger partial charge in [-0.2, -0.15) is 0 Å². The first-order valence-electron chi connectivity index (χ1n) is 5.84. The fourth-order valence-corrected chi connectivity index (χ4v) is 2.21. The van der Waals surface area contributed by atoms with E-state index in [4.69, 9.17) is 4.74 Å². The zero-order chi connectivity index (χ0) is 11.5. The molecule has 1 saturated heterocycles. The van der Waals surface area contributed by atoms with Gasteiger partial charge in [-0.15, -0.1) is 0 Å². The minimum absolute atomic E-state index is 0.543. The summed E-state index contributed by atoms with van der Waals surface area (Å²) < 4.78 is 5.37. The Kier molecular flexibility index (Phi) is 3.34. The second-order valence-electron chi connectivity index (χ2n) is 4.40. The smallest absolute Gasteiger partial charge is 0.123 e. The van der Waals surface area contributed by atoms with Crippen LogP contribution in [0, 0.1) is 6.92 Å². The number of piperazine rings is 1. The molecule has 1 atom stereocenters. The van der Waals surface area contributed by atoms with Gasteiger partial charge in [-0.1, -0.05) is 6.07 Å². The number of benzene rings is 1.